The molecule has 0 unspecified atom stereocenters. The number of esters is 1. The Hall–Kier alpha value is -2.58. The predicted octanol–water partition coefficient (Wildman–Crippen LogP) is 2.68. The first kappa shape index (κ1) is 20.2. The fourth-order valence-electron chi connectivity index (χ4n) is 2.58. The SMILES string of the molecule is COc1ccc(C(=O)OCCOc2cccc(C)c2)cc1S(=O)(=O)NC1CC1. The summed E-state index contributed by atoms with van der Waals surface area (Å²) in [7, 11) is -2.39. The molecule has 1 N–H and O–H groups in total. The van der Waals surface area contributed by atoms with Crippen LogP contribution in [0.5, 0.6) is 11.5 Å². The summed E-state index contributed by atoms with van der Waals surface area (Å²) in [6.45, 7) is 2.20. The first-order chi connectivity index (χ1) is 13.4. The van der Waals surface area contributed by atoms with Gasteiger partial charge in [0.2, 0.25) is 10.0 Å². The van der Waals surface area contributed by atoms with Gasteiger partial charge in [0, 0.05) is 6.04 Å². The molecule has 0 aliphatic heterocycles. The average molecular weight is 405 g/mol. The normalized spacial score (nSPS) is 13.8. The zero-order valence-corrected chi connectivity index (χ0v) is 16.6. The number of ether oxygens (including phenoxy) is 3. The maximum atomic E-state index is 12.5. The van der Waals surface area contributed by atoms with Crippen LogP contribution < -0.4 is 14.2 Å². The van der Waals surface area contributed by atoms with Crippen molar-refractivity contribution < 1.29 is 27.4 Å². The molecule has 7 nitrogen and oxygen atoms in total. The van der Waals surface area contributed by atoms with E-state index in [1.54, 1.807) is 0 Å². The van der Waals surface area contributed by atoms with Gasteiger partial charge in [-0.1, -0.05) is 12.1 Å². The Bertz CT molecular complexity index is 953. The van der Waals surface area contributed by atoms with E-state index in [4.69, 9.17) is 14.2 Å². The highest BCUT2D eigenvalue weighted by atomic mass is 32.2. The van der Waals surface area contributed by atoms with Crippen LogP contribution in [0, 0.1) is 6.92 Å². The zero-order valence-electron chi connectivity index (χ0n) is 15.8. The van der Waals surface area contributed by atoms with Gasteiger partial charge < -0.3 is 14.2 Å². The monoisotopic (exact) mass is 405 g/mol. The number of carbonyl (C=O) groups excluding carboxylic acids is 1. The molecule has 0 spiro atoms. The average Bonchev–Trinajstić information content (AvgIpc) is 3.48. The van der Waals surface area contributed by atoms with Gasteiger partial charge >= 0.3 is 5.97 Å². The third-order valence-electron chi connectivity index (χ3n) is 4.16. The van der Waals surface area contributed by atoms with Crippen LogP contribution in [0.3, 0.4) is 0 Å². The number of aryl methyl sites for hydroxylation is 1. The maximum absolute atomic E-state index is 12.5. The van der Waals surface area contributed by atoms with Gasteiger partial charge in [-0.25, -0.2) is 17.9 Å². The summed E-state index contributed by atoms with van der Waals surface area (Å²) < 4.78 is 43.5. The van der Waals surface area contributed by atoms with E-state index in [1.807, 2.05) is 31.2 Å². The molecule has 2 aromatic rings. The summed E-state index contributed by atoms with van der Waals surface area (Å²) in [5.41, 5.74) is 1.20. The minimum atomic E-state index is -3.77. The molecule has 2 aromatic carbocycles. The van der Waals surface area contributed by atoms with Crippen molar-refractivity contribution in [3.63, 3.8) is 0 Å². The molecule has 0 aromatic heterocycles. The first-order valence-corrected chi connectivity index (χ1v) is 10.4. The standard InChI is InChI=1S/C20H23NO6S/c1-14-4-3-5-17(12-14)26-10-11-27-20(22)15-6-9-18(25-2)19(13-15)28(23,24)21-16-7-8-16/h3-6,9,12-13,16,21H,7-8,10-11H2,1-2H3. The number of nitrogens with one attached hydrogen (secondary N) is 1. The van der Waals surface area contributed by atoms with Crippen LogP contribution in [-0.4, -0.2) is 40.8 Å². The summed E-state index contributed by atoms with van der Waals surface area (Å²) in [5.74, 6) is 0.242. The lowest BCUT2D eigenvalue weighted by Gasteiger charge is -2.12. The summed E-state index contributed by atoms with van der Waals surface area (Å²) >= 11 is 0. The number of rotatable bonds is 9. The third-order valence-corrected chi connectivity index (χ3v) is 5.70. The van der Waals surface area contributed by atoms with Crippen LogP contribution in [-0.2, 0) is 14.8 Å². The summed E-state index contributed by atoms with van der Waals surface area (Å²) in [6, 6.07) is 11.7. The van der Waals surface area contributed by atoms with Gasteiger partial charge in [0.1, 0.15) is 29.6 Å². The van der Waals surface area contributed by atoms with Crippen molar-refractivity contribution in [3.8, 4) is 11.5 Å². The quantitative estimate of drug-likeness (QED) is 0.510. The second-order valence-electron chi connectivity index (χ2n) is 6.56. The second kappa shape index (κ2) is 8.62. The Kier molecular flexibility index (Phi) is 6.21. The maximum Gasteiger partial charge on any atom is 0.338 e. The minimum Gasteiger partial charge on any atom is -0.495 e. The Labute approximate surface area is 164 Å². The van der Waals surface area contributed by atoms with Crippen LogP contribution in [0.15, 0.2) is 47.4 Å². The number of benzene rings is 2. The van der Waals surface area contributed by atoms with E-state index in [1.165, 1.54) is 25.3 Å². The molecule has 1 aliphatic carbocycles. The fourth-order valence-corrected chi connectivity index (χ4v) is 4.08. The van der Waals surface area contributed by atoms with E-state index < -0.39 is 16.0 Å². The van der Waals surface area contributed by atoms with Crippen LogP contribution in [0.1, 0.15) is 28.8 Å². The number of hydrogen-bond donors (Lipinski definition) is 1. The summed E-state index contributed by atoms with van der Waals surface area (Å²) in [4.78, 5) is 12.2. The van der Waals surface area contributed by atoms with Crippen molar-refractivity contribution in [1.29, 1.82) is 0 Å². The molecule has 0 heterocycles. The smallest absolute Gasteiger partial charge is 0.338 e. The molecule has 0 saturated heterocycles. The molecule has 0 radical (unpaired) electrons. The molecule has 3 rings (SSSR count). The molecule has 1 fully saturated rings. The van der Waals surface area contributed by atoms with E-state index in [0.29, 0.717) is 5.75 Å². The molecule has 0 amide bonds. The largest absolute Gasteiger partial charge is 0.495 e. The van der Waals surface area contributed by atoms with Crippen LogP contribution >= 0.6 is 0 Å². The number of sulfonamides is 1. The molecular weight excluding hydrogens is 382 g/mol. The van der Waals surface area contributed by atoms with Crippen molar-refractivity contribution in [1.82, 2.24) is 4.72 Å². The highest BCUT2D eigenvalue weighted by Crippen LogP contribution is 2.28. The van der Waals surface area contributed by atoms with E-state index in [9.17, 15) is 13.2 Å². The number of methoxy groups -OCH3 is 1. The van der Waals surface area contributed by atoms with E-state index in [-0.39, 0.29) is 35.5 Å². The first-order valence-electron chi connectivity index (χ1n) is 8.96. The Morgan fingerprint density at radius 2 is 1.93 bits per heavy atom. The van der Waals surface area contributed by atoms with Crippen LogP contribution in [0.2, 0.25) is 0 Å². The van der Waals surface area contributed by atoms with Gasteiger partial charge in [-0.3, -0.25) is 0 Å². The van der Waals surface area contributed by atoms with Gasteiger partial charge in [-0.2, -0.15) is 0 Å². The van der Waals surface area contributed by atoms with Gasteiger partial charge in [-0.05, 0) is 55.7 Å². The lowest BCUT2D eigenvalue weighted by molar-refractivity contribution is 0.0450. The van der Waals surface area contributed by atoms with Gasteiger partial charge in [-0.15, -0.1) is 0 Å². The van der Waals surface area contributed by atoms with Crippen molar-refractivity contribution in [2.24, 2.45) is 0 Å². The second-order valence-corrected chi connectivity index (χ2v) is 8.24. The molecule has 8 heteroatoms. The van der Waals surface area contributed by atoms with Crippen molar-refractivity contribution >= 4 is 16.0 Å². The highest BCUT2D eigenvalue weighted by Gasteiger charge is 2.30. The zero-order chi connectivity index (χ0) is 20.1. The highest BCUT2D eigenvalue weighted by molar-refractivity contribution is 7.89. The van der Waals surface area contributed by atoms with Crippen molar-refractivity contribution in [3.05, 3.63) is 53.6 Å². The molecule has 28 heavy (non-hydrogen) atoms. The van der Waals surface area contributed by atoms with Gasteiger partial charge in [0.25, 0.3) is 0 Å². The number of carbonyl (C=O) groups is 1. The Balaban J connectivity index is 1.62. The minimum absolute atomic E-state index is 0.0429. The van der Waals surface area contributed by atoms with Crippen molar-refractivity contribution in [2.75, 3.05) is 20.3 Å². The van der Waals surface area contributed by atoms with Crippen LogP contribution in [0.4, 0.5) is 0 Å². The van der Waals surface area contributed by atoms with E-state index >= 15 is 0 Å². The molecule has 1 aliphatic rings. The van der Waals surface area contributed by atoms with Gasteiger partial charge in [0.15, 0.2) is 0 Å². The fraction of sp³-hybridized carbons (Fsp3) is 0.350. The predicted molar refractivity (Wildman–Crippen MR) is 103 cm³/mol. The van der Waals surface area contributed by atoms with E-state index in [2.05, 4.69) is 4.72 Å². The molecule has 0 bridgehead atoms. The molecular formula is C20H23NO6S. The summed E-state index contributed by atoms with van der Waals surface area (Å²) in [6.07, 6.45) is 1.62. The number of hydrogen-bond acceptors (Lipinski definition) is 6. The lowest BCUT2D eigenvalue weighted by Crippen LogP contribution is -2.26. The van der Waals surface area contributed by atoms with E-state index in [0.717, 1.165) is 18.4 Å². The van der Waals surface area contributed by atoms with Gasteiger partial charge in [0.05, 0.1) is 12.7 Å². The third kappa shape index (κ3) is 5.24. The molecule has 1 saturated carbocycles. The Morgan fingerprint density at radius 1 is 1.14 bits per heavy atom. The summed E-state index contributed by atoms with van der Waals surface area (Å²) in [5, 5.41) is 0. The molecule has 150 valence electrons. The van der Waals surface area contributed by atoms with Crippen LogP contribution in [0.25, 0.3) is 0 Å². The topological polar surface area (TPSA) is 90.9 Å². The Morgan fingerprint density at radius 3 is 2.61 bits per heavy atom. The van der Waals surface area contributed by atoms with Crippen molar-refractivity contribution in [2.45, 2.75) is 30.7 Å². The lowest BCUT2D eigenvalue weighted by atomic mass is 10.2. The molecule has 0 atom stereocenters.